The molecule has 0 saturated heterocycles. The number of ketones is 2. The van der Waals surface area contributed by atoms with Crippen molar-refractivity contribution in [1.29, 1.82) is 0 Å². The molecule has 0 aromatic heterocycles. The summed E-state index contributed by atoms with van der Waals surface area (Å²) in [5.74, 6) is -6.89. The Morgan fingerprint density at radius 3 is 2.36 bits per heavy atom. The zero-order valence-corrected chi connectivity index (χ0v) is 23.9. The van der Waals surface area contributed by atoms with Gasteiger partial charge >= 0.3 is 0 Å². The number of hydrogen-bond donors (Lipinski definition) is 6. The summed E-state index contributed by atoms with van der Waals surface area (Å²) in [4.78, 5) is 40.8. The summed E-state index contributed by atoms with van der Waals surface area (Å²) in [6.07, 6.45) is 1.89. The number of aliphatic hydroxyl groups excluding tert-OH is 2. The normalized spacial score (nSPS) is 27.2. The number of likely N-dealkylation sites (N-methyl/N-ethyl adjacent to an activating group) is 1. The van der Waals surface area contributed by atoms with E-state index in [9.17, 15) is 34.8 Å². The van der Waals surface area contributed by atoms with Gasteiger partial charge in [-0.25, -0.2) is 0 Å². The lowest BCUT2D eigenvalue weighted by atomic mass is 9.58. The van der Waals surface area contributed by atoms with E-state index >= 15 is 0 Å². The number of carbonyl (C=O) groups excluding carboxylic acids is 3. The topological polar surface area (TPSA) is 173 Å². The van der Waals surface area contributed by atoms with E-state index in [1.54, 1.807) is 14.1 Å². The fourth-order valence-electron chi connectivity index (χ4n) is 7.44. The summed E-state index contributed by atoms with van der Waals surface area (Å²) in [5.41, 5.74) is 5.16. The molecule has 4 atom stereocenters. The van der Waals surface area contributed by atoms with Crippen LogP contribution in [-0.2, 0) is 35.4 Å². The van der Waals surface area contributed by atoms with Crippen molar-refractivity contribution in [3.8, 4) is 5.75 Å². The number of nitrogens with one attached hydrogen (secondary N) is 1. The number of halogens is 1. The molecule has 42 heavy (non-hydrogen) atoms. The average molecular weight is 594 g/mol. The van der Waals surface area contributed by atoms with Gasteiger partial charge in [-0.05, 0) is 74.0 Å². The van der Waals surface area contributed by atoms with Crippen LogP contribution >= 0.6 is 11.6 Å². The Balaban J connectivity index is 1.36. The van der Waals surface area contributed by atoms with Crippen LogP contribution in [0, 0.1) is 11.8 Å². The van der Waals surface area contributed by atoms with E-state index in [1.165, 1.54) is 22.1 Å². The molecule has 0 radical (unpaired) electrons. The first-order valence-electron chi connectivity index (χ1n) is 13.8. The smallest absolute Gasteiger partial charge is 0.255 e. The van der Waals surface area contributed by atoms with Gasteiger partial charge in [-0.3, -0.25) is 19.3 Å². The van der Waals surface area contributed by atoms with E-state index in [1.807, 2.05) is 12.1 Å². The van der Waals surface area contributed by atoms with Crippen molar-refractivity contribution < 1.29 is 34.8 Å². The lowest BCUT2D eigenvalue weighted by Gasteiger charge is -2.50. The minimum atomic E-state index is -2.67. The lowest BCUT2D eigenvalue weighted by molar-refractivity contribution is -0.148. The van der Waals surface area contributed by atoms with Crippen LogP contribution in [0.4, 0.5) is 0 Å². The zero-order valence-electron chi connectivity index (χ0n) is 23.1. The van der Waals surface area contributed by atoms with Crippen molar-refractivity contribution in [2.75, 3.05) is 14.1 Å². The number of carbonyl (C=O) groups is 3. The van der Waals surface area contributed by atoms with Gasteiger partial charge in [0.25, 0.3) is 5.91 Å². The molecular formula is C31H32ClN3O7. The van der Waals surface area contributed by atoms with Gasteiger partial charge in [-0.1, -0.05) is 35.9 Å². The Morgan fingerprint density at radius 1 is 1.12 bits per heavy atom. The molecule has 4 aliphatic carbocycles. The fraction of sp³-hybridized carbons (Fsp3) is 0.387. The average Bonchev–Trinajstić information content (AvgIpc) is 3.34. The van der Waals surface area contributed by atoms with Crippen LogP contribution in [0.5, 0.6) is 5.75 Å². The number of benzene rings is 2. The zero-order chi connectivity index (χ0) is 30.2. The second kappa shape index (κ2) is 9.95. The largest absolute Gasteiger partial charge is 0.510 e. The number of fused-ring (bicyclic) bond motifs is 4. The maximum absolute atomic E-state index is 13.8. The van der Waals surface area contributed by atoms with Crippen LogP contribution in [-0.4, -0.2) is 74.6 Å². The SMILES string of the molecule is CN(C)[C@@H]1C(O)=C(C(N)=O)C(=O)[C@@]2(O)C(O)=C3C(=O)c4c(O)cc(CNC5Cc6ccccc6C5)c(Cl)c4C[C@H]3C[C@@H]12. The van der Waals surface area contributed by atoms with E-state index in [0.717, 1.165) is 12.8 Å². The molecule has 0 bridgehead atoms. The third-order valence-corrected chi connectivity index (χ3v) is 9.83. The lowest BCUT2D eigenvalue weighted by Crippen LogP contribution is -2.63. The van der Waals surface area contributed by atoms with Crippen LogP contribution < -0.4 is 11.1 Å². The second-order valence-electron chi connectivity index (χ2n) is 11.9. The highest BCUT2D eigenvalue weighted by atomic mass is 35.5. The van der Waals surface area contributed by atoms with Gasteiger partial charge in [0.05, 0.1) is 11.6 Å². The van der Waals surface area contributed by atoms with Crippen molar-refractivity contribution in [3.05, 3.63) is 85.8 Å². The highest BCUT2D eigenvalue weighted by molar-refractivity contribution is 6.33. The number of allylic oxidation sites excluding steroid dienone is 1. The first-order valence-corrected chi connectivity index (χ1v) is 14.2. The molecule has 1 amide bonds. The van der Waals surface area contributed by atoms with Gasteiger partial charge in [0.15, 0.2) is 11.4 Å². The van der Waals surface area contributed by atoms with Gasteiger partial charge in [0.2, 0.25) is 5.78 Å². The van der Waals surface area contributed by atoms with Gasteiger partial charge in [-0.15, -0.1) is 0 Å². The number of nitrogens with zero attached hydrogens (tertiary/aromatic N) is 1. The van der Waals surface area contributed by atoms with Crippen LogP contribution in [0.2, 0.25) is 5.02 Å². The number of hydrogen-bond acceptors (Lipinski definition) is 9. The van der Waals surface area contributed by atoms with Gasteiger partial charge in [0, 0.05) is 29.1 Å². The number of primary amides is 1. The van der Waals surface area contributed by atoms with Crippen LogP contribution in [0.15, 0.2) is 53.0 Å². The molecule has 0 fully saturated rings. The number of amides is 1. The molecule has 2 aromatic rings. The summed E-state index contributed by atoms with van der Waals surface area (Å²) < 4.78 is 0. The molecule has 0 aliphatic heterocycles. The Morgan fingerprint density at radius 2 is 1.76 bits per heavy atom. The quantitative estimate of drug-likeness (QED) is 0.284. The fourth-order valence-corrected chi connectivity index (χ4v) is 7.73. The molecule has 0 heterocycles. The minimum Gasteiger partial charge on any atom is -0.510 e. The summed E-state index contributed by atoms with van der Waals surface area (Å²) in [5, 5.41) is 48.8. The maximum Gasteiger partial charge on any atom is 0.255 e. The molecular weight excluding hydrogens is 562 g/mol. The molecule has 0 unspecified atom stereocenters. The Labute approximate surface area is 247 Å². The molecule has 7 N–H and O–H groups in total. The molecule has 4 aliphatic rings. The number of phenolic OH excluding ortho intramolecular Hbond substituents is 1. The van der Waals surface area contributed by atoms with Gasteiger partial charge in [-0.2, -0.15) is 0 Å². The molecule has 6 rings (SSSR count). The summed E-state index contributed by atoms with van der Waals surface area (Å²) in [7, 11) is 3.18. The highest BCUT2D eigenvalue weighted by Gasteiger charge is 2.63. The van der Waals surface area contributed by atoms with Crippen molar-refractivity contribution in [2.24, 2.45) is 17.6 Å². The predicted octanol–water partition coefficient (Wildman–Crippen LogP) is 2.03. The Hall–Kier alpha value is -3.70. The Bertz CT molecular complexity index is 1610. The van der Waals surface area contributed by atoms with Crippen LogP contribution in [0.25, 0.3) is 0 Å². The van der Waals surface area contributed by atoms with Gasteiger partial charge in [0.1, 0.15) is 22.8 Å². The van der Waals surface area contributed by atoms with Crippen LogP contribution in [0.1, 0.15) is 39.0 Å². The van der Waals surface area contributed by atoms with E-state index in [-0.39, 0.29) is 35.8 Å². The molecule has 220 valence electrons. The van der Waals surface area contributed by atoms with Crippen molar-refractivity contribution >= 4 is 29.1 Å². The summed E-state index contributed by atoms with van der Waals surface area (Å²) >= 11 is 6.86. The molecule has 10 nitrogen and oxygen atoms in total. The molecule has 11 heteroatoms. The van der Waals surface area contributed by atoms with E-state index in [4.69, 9.17) is 17.3 Å². The number of rotatable bonds is 5. The second-order valence-corrected chi connectivity index (χ2v) is 12.3. The standard InChI is InChI=1S/C31H32ClN3O7/c1-35(2)25-19-10-15-9-18-22(26(37)21(15)28(39)31(19,42)29(40)23(27(25)38)30(33)41)20(36)11-16(24(18)32)12-34-17-7-13-5-3-4-6-14(13)8-17/h3-6,11,15,17,19,25,34,36,38-39,42H,7-10,12H2,1-2H3,(H2,33,41)/t15-,19-,25-,31-/m0/s1. The van der Waals surface area contributed by atoms with E-state index in [2.05, 4.69) is 17.4 Å². The van der Waals surface area contributed by atoms with Crippen molar-refractivity contribution in [3.63, 3.8) is 0 Å². The molecule has 0 saturated carbocycles. The minimum absolute atomic E-state index is 0.00562. The highest BCUT2D eigenvalue weighted by Crippen LogP contribution is 2.53. The summed E-state index contributed by atoms with van der Waals surface area (Å²) in [6.45, 7) is 0.360. The maximum atomic E-state index is 13.8. The first-order chi connectivity index (χ1) is 19.9. The van der Waals surface area contributed by atoms with E-state index < -0.39 is 58.0 Å². The molecule has 0 spiro atoms. The first kappa shape index (κ1) is 28.4. The van der Waals surface area contributed by atoms with Crippen molar-refractivity contribution in [1.82, 2.24) is 10.2 Å². The number of aliphatic hydroxyl groups is 3. The number of nitrogens with two attached hydrogens (primary N) is 1. The van der Waals surface area contributed by atoms with E-state index in [0.29, 0.717) is 22.7 Å². The summed E-state index contributed by atoms with van der Waals surface area (Å²) in [6, 6.07) is 8.81. The van der Waals surface area contributed by atoms with Crippen LogP contribution in [0.3, 0.4) is 0 Å². The number of Topliss-reactive ketones (excluding diaryl/α,β-unsaturated/α-hetero) is 2. The Kier molecular flexibility index (Phi) is 6.73. The molecule has 2 aromatic carbocycles. The third-order valence-electron chi connectivity index (χ3n) is 9.36. The number of phenols is 1. The van der Waals surface area contributed by atoms with Gasteiger partial charge < -0.3 is 31.5 Å². The van der Waals surface area contributed by atoms with Crippen molar-refractivity contribution in [2.45, 2.75) is 49.9 Å². The number of aromatic hydroxyl groups is 1. The monoisotopic (exact) mass is 593 g/mol. The third kappa shape index (κ3) is 4.00. The predicted molar refractivity (Wildman–Crippen MR) is 153 cm³/mol.